The van der Waals surface area contributed by atoms with E-state index in [0.717, 1.165) is 33.6 Å². The summed E-state index contributed by atoms with van der Waals surface area (Å²) in [5, 5.41) is 15.6. The van der Waals surface area contributed by atoms with E-state index < -0.39 is 28.7 Å². The van der Waals surface area contributed by atoms with Crippen LogP contribution in [0.2, 0.25) is 0 Å². The maximum atomic E-state index is 14.3. The van der Waals surface area contributed by atoms with E-state index in [1.54, 1.807) is 20.1 Å². The first-order chi connectivity index (χ1) is 17.8. The molecule has 0 radical (unpaired) electrons. The molecule has 4 aromatic rings. The van der Waals surface area contributed by atoms with Crippen LogP contribution in [0.1, 0.15) is 37.0 Å². The summed E-state index contributed by atoms with van der Waals surface area (Å²) in [6, 6.07) is 16.1. The first-order valence-corrected chi connectivity index (χ1v) is 13.4. The number of carboxylic acid groups (broad SMARTS) is 1. The maximum Gasteiger partial charge on any atom is 0.412 e. The molecule has 2 aromatic carbocycles. The second-order valence-corrected chi connectivity index (χ2v) is 10.7. The van der Waals surface area contributed by atoms with Crippen molar-refractivity contribution in [1.29, 1.82) is 0 Å². The lowest BCUT2D eigenvalue weighted by Gasteiger charge is -2.15. The van der Waals surface area contributed by atoms with Crippen LogP contribution < -0.4 is 10.1 Å². The van der Waals surface area contributed by atoms with E-state index in [2.05, 4.69) is 5.32 Å². The van der Waals surface area contributed by atoms with Crippen molar-refractivity contribution in [3.63, 3.8) is 0 Å². The van der Waals surface area contributed by atoms with Gasteiger partial charge in [-0.05, 0) is 59.3 Å². The average molecular weight is 538 g/mol. The Balaban J connectivity index is 1.38. The standard InChI is InChI=1S/C28H24FNO5S2/c1-16(19-9-12-36-15-19)35-27(33)30-22-14-24(29)37-25(22)18-5-8-21(23(13-18)34-2)17-3-6-20(7-4-17)28(10-11-28)26(31)32/h3-9,12-16H,10-11H2,1-2H3,(H,30,33)(H,31,32). The minimum Gasteiger partial charge on any atom is -0.496 e. The van der Waals surface area contributed by atoms with Crippen LogP contribution in [0.3, 0.4) is 0 Å². The molecule has 9 heteroatoms. The largest absolute Gasteiger partial charge is 0.496 e. The molecule has 0 saturated heterocycles. The van der Waals surface area contributed by atoms with Gasteiger partial charge in [-0.15, -0.1) is 11.3 Å². The summed E-state index contributed by atoms with van der Waals surface area (Å²) in [5.41, 5.74) is 3.60. The zero-order chi connectivity index (χ0) is 26.2. The fourth-order valence-corrected chi connectivity index (χ4v) is 5.91. The van der Waals surface area contributed by atoms with Crippen molar-refractivity contribution in [3.05, 3.63) is 81.6 Å². The molecule has 1 aliphatic rings. The first kappa shape index (κ1) is 25.0. The highest BCUT2D eigenvalue weighted by atomic mass is 32.1. The van der Waals surface area contributed by atoms with Crippen molar-refractivity contribution < 1.29 is 28.6 Å². The summed E-state index contributed by atoms with van der Waals surface area (Å²) in [7, 11) is 1.55. The molecular weight excluding hydrogens is 513 g/mol. The molecule has 2 N–H and O–H groups in total. The van der Waals surface area contributed by atoms with Gasteiger partial charge in [-0.1, -0.05) is 36.4 Å². The molecule has 1 unspecified atom stereocenters. The van der Waals surface area contributed by atoms with E-state index in [1.807, 2.05) is 53.2 Å². The number of carbonyl (C=O) groups excluding carboxylic acids is 1. The number of ether oxygens (including phenoxy) is 2. The average Bonchev–Trinajstić information content (AvgIpc) is 3.35. The number of anilines is 1. The number of methoxy groups -OCH3 is 1. The van der Waals surface area contributed by atoms with Crippen molar-refractivity contribution in [1.82, 2.24) is 0 Å². The van der Waals surface area contributed by atoms with Crippen LogP contribution in [-0.2, 0) is 14.9 Å². The highest BCUT2D eigenvalue weighted by Crippen LogP contribution is 2.49. The lowest BCUT2D eigenvalue weighted by molar-refractivity contribution is -0.140. The minimum absolute atomic E-state index is 0.313. The Hall–Kier alpha value is -3.69. The number of carboxylic acids is 1. The van der Waals surface area contributed by atoms with E-state index in [1.165, 1.54) is 17.4 Å². The van der Waals surface area contributed by atoms with Crippen molar-refractivity contribution >= 4 is 40.4 Å². The summed E-state index contributed by atoms with van der Waals surface area (Å²) in [5.74, 6) is -0.224. The van der Waals surface area contributed by atoms with Crippen molar-refractivity contribution in [3.8, 4) is 27.3 Å². The van der Waals surface area contributed by atoms with Gasteiger partial charge in [0.15, 0.2) is 5.13 Å². The van der Waals surface area contributed by atoms with E-state index >= 15 is 0 Å². The maximum absolute atomic E-state index is 14.3. The number of hydrogen-bond donors (Lipinski definition) is 2. The van der Waals surface area contributed by atoms with Gasteiger partial charge in [0, 0.05) is 17.2 Å². The van der Waals surface area contributed by atoms with Gasteiger partial charge in [0.2, 0.25) is 0 Å². The van der Waals surface area contributed by atoms with Crippen molar-refractivity contribution in [2.75, 3.05) is 12.4 Å². The number of halogens is 1. The number of thiophene rings is 2. The van der Waals surface area contributed by atoms with Gasteiger partial charge < -0.3 is 14.6 Å². The van der Waals surface area contributed by atoms with Gasteiger partial charge >= 0.3 is 12.1 Å². The predicted molar refractivity (Wildman–Crippen MR) is 143 cm³/mol. The molecule has 6 nitrogen and oxygen atoms in total. The molecule has 190 valence electrons. The highest BCUT2D eigenvalue weighted by molar-refractivity contribution is 7.14. The Labute approximate surface area is 221 Å². The number of hydrogen-bond acceptors (Lipinski definition) is 6. The number of aliphatic carboxylic acids is 1. The Morgan fingerprint density at radius 3 is 2.43 bits per heavy atom. The topological polar surface area (TPSA) is 84.9 Å². The van der Waals surface area contributed by atoms with E-state index in [-0.39, 0.29) is 0 Å². The number of benzene rings is 2. The normalized spacial score (nSPS) is 14.6. The molecular formula is C28H24FNO5S2. The van der Waals surface area contributed by atoms with Crippen LogP contribution in [0.15, 0.2) is 65.4 Å². The molecule has 2 aromatic heterocycles. The Bertz CT molecular complexity index is 1440. The zero-order valence-corrected chi connectivity index (χ0v) is 21.8. The van der Waals surface area contributed by atoms with Gasteiger partial charge in [0.25, 0.3) is 0 Å². The Morgan fingerprint density at radius 2 is 1.81 bits per heavy atom. The summed E-state index contributed by atoms with van der Waals surface area (Å²) in [6.07, 6.45) is 0.187. The van der Waals surface area contributed by atoms with Crippen LogP contribution in [0.5, 0.6) is 5.75 Å². The number of carbonyl (C=O) groups is 2. The summed E-state index contributed by atoms with van der Waals surface area (Å²) >= 11 is 2.43. The van der Waals surface area contributed by atoms with Crippen molar-refractivity contribution in [2.45, 2.75) is 31.3 Å². The van der Waals surface area contributed by atoms with Crippen LogP contribution in [0.4, 0.5) is 14.9 Å². The number of nitrogens with one attached hydrogen (secondary N) is 1. The number of amides is 1. The number of rotatable bonds is 8. The van der Waals surface area contributed by atoms with Crippen LogP contribution in [0, 0.1) is 5.13 Å². The quantitative estimate of drug-likeness (QED) is 0.240. The summed E-state index contributed by atoms with van der Waals surface area (Å²) in [4.78, 5) is 24.7. The fraction of sp³-hybridized carbons (Fsp3) is 0.214. The Morgan fingerprint density at radius 1 is 1.08 bits per heavy atom. The summed E-state index contributed by atoms with van der Waals surface area (Å²) < 4.78 is 25.4. The molecule has 2 heterocycles. The molecule has 1 fully saturated rings. The predicted octanol–water partition coefficient (Wildman–Crippen LogP) is 7.72. The zero-order valence-electron chi connectivity index (χ0n) is 20.1. The lowest BCUT2D eigenvalue weighted by Crippen LogP contribution is -2.19. The molecule has 37 heavy (non-hydrogen) atoms. The van der Waals surface area contributed by atoms with Gasteiger partial charge in [0.1, 0.15) is 11.9 Å². The molecule has 1 amide bonds. The van der Waals surface area contributed by atoms with Crippen LogP contribution in [0.25, 0.3) is 21.6 Å². The highest BCUT2D eigenvalue weighted by Gasteiger charge is 2.51. The van der Waals surface area contributed by atoms with Gasteiger partial charge in [0.05, 0.1) is 23.1 Å². The van der Waals surface area contributed by atoms with Crippen LogP contribution >= 0.6 is 22.7 Å². The second-order valence-electron chi connectivity index (χ2n) is 8.90. The molecule has 1 saturated carbocycles. The monoisotopic (exact) mass is 537 g/mol. The fourth-order valence-electron chi connectivity index (χ4n) is 4.33. The third-order valence-corrected chi connectivity index (χ3v) is 8.28. The molecule has 0 aliphatic heterocycles. The first-order valence-electron chi connectivity index (χ1n) is 11.6. The smallest absolute Gasteiger partial charge is 0.412 e. The SMILES string of the molecule is COc1cc(-c2sc(F)cc2NC(=O)OC(C)c2ccsc2)ccc1-c1ccc(C2(C(=O)O)CC2)cc1. The van der Waals surface area contributed by atoms with Gasteiger partial charge in [-0.3, -0.25) is 10.1 Å². The molecule has 0 bridgehead atoms. The van der Waals surface area contributed by atoms with Gasteiger partial charge in [-0.2, -0.15) is 15.7 Å². The second kappa shape index (κ2) is 9.99. The summed E-state index contributed by atoms with van der Waals surface area (Å²) in [6.45, 7) is 1.78. The molecule has 0 spiro atoms. The van der Waals surface area contributed by atoms with Gasteiger partial charge in [-0.25, -0.2) is 4.79 Å². The van der Waals surface area contributed by atoms with Crippen LogP contribution in [-0.4, -0.2) is 24.3 Å². The van der Waals surface area contributed by atoms with E-state index in [9.17, 15) is 19.1 Å². The Kier molecular flexibility index (Phi) is 6.74. The molecule has 1 aliphatic carbocycles. The van der Waals surface area contributed by atoms with E-state index in [4.69, 9.17) is 9.47 Å². The lowest BCUT2D eigenvalue weighted by atomic mass is 9.93. The van der Waals surface area contributed by atoms with E-state index in [0.29, 0.717) is 34.7 Å². The third kappa shape index (κ3) is 4.97. The minimum atomic E-state index is -0.792. The molecule has 1 atom stereocenters. The molecule has 5 rings (SSSR count). The third-order valence-electron chi connectivity index (χ3n) is 6.61. The van der Waals surface area contributed by atoms with Crippen molar-refractivity contribution in [2.24, 2.45) is 0 Å².